The van der Waals surface area contributed by atoms with Crippen molar-refractivity contribution in [2.75, 3.05) is 26.3 Å². The van der Waals surface area contributed by atoms with Crippen LogP contribution in [0.15, 0.2) is 0 Å². The van der Waals surface area contributed by atoms with Crippen molar-refractivity contribution in [2.45, 2.75) is 32.2 Å². The Hall–Kier alpha value is -1.83. The number of carboxylic acid groups (broad SMARTS) is 1. The monoisotopic (exact) mass is 301 g/mol. The molecule has 2 atom stereocenters. The Morgan fingerprint density at radius 1 is 1.43 bits per heavy atom. The van der Waals surface area contributed by atoms with Gasteiger partial charge in [-0.05, 0) is 18.8 Å². The highest BCUT2D eigenvalue weighted by Gasteiger charge is 2.35. The van der Waals surface area contributed by atoms with Gasteiger partial charge in [0.25, 0.3) is 0 Å². The maximum atomic E-state index is 12.0. The number of carbonyl (C=O) groups excluding carboxylic acids is 2. The minimum absolute atomic E-state index is 0.151. The molecule has 0 spiro atoms. The molecule has 120 valence electrons. The van der Waals surface area contributed by atoms with Crippen molar-refractivity contribution in [3.63, 3.8) is 0 Å². The molecular weight excluding hydrogens is 278 g/mol. The summed E-state index contributed by atoms with van der Waals surface area (Å²) in [6.45, 7) is 2.61. The lowest BCUT2D eigenvalue weighted by atomic mass is 9.89. The zero-order valence-corrected chi connectivity index (χ0v) is 12.2. The second-order valence-electron chi connectivity index (χ2n) is 5.10. The van der Waals surface area contributed by atoms with Crippen LogP contribution in [0.3, 0.4) is 0 Å². The maximum absolute atomic E-state index is 12.0. The molecule has 0 bridgehead atoms. The van der Waals surface area contributed by atoms with Crippen molar-refractivity contribution in [3.8, 4) is 0 Å². The molecule has 3 amide bonds. The number of carboxylic acids is 1. The number of nitrogens with zero attached hydrogens (tertiary/aromatic N) is 1. The molecule has 1 fully saturated rings. The number of primary amides is 1. The standard InChI is InChI=1S/C13H23N3O5/c1-2-9-3-5-16(10(7-9)12(18)19)13(20)15-4-6-21-8-11(14)17/h9-10H,2-8H2,1H3,(H2,14,17)(H,15,20)(H,18,19). The number of rotatable bonds is 7. The second kappa shape index (κ2) is 8.46. The molecule has 2 unspecified atom stereocenters. The lowest BCUT2D eigenvalue weighted by Gasteiger charge is -2.36. The van der Waals surface area contributed by atoms with Gasteiger partial charge in [0.15, 0.2) is 0 Å². The fourth-order valence-electron chi connectivity index (χ4n) is 2.39. The van der Waals surface area contributed by atoms with Crippen LogP contribution >= 0.6 is 0 Å². The SMILES string of the molecule is CCC1CCN(C(=O)NCCOCC(N)=O)C(C(=O)O)C1. The van der Waals surface area contributed by atoms with Crippen LogP contribution in [0.4, 0.5) is 4.79 Å². The largest absolute Gasteiger partial charge is 0.480 e. The molecule has 1 heterocycles. The minimum atomic E-state index is -0.978. The highest BCUT2D eigenvalue weighted by atomic mass is 16.5. The van der Waals surface area contributed by atoms with E-state index in [2.05, 4.69) is 5.32 Å². The fourth-order valence-corrected chi connectivity index (χ4v) is 2.39. The van der Waals surface area contributed by atoms with E-state index in [9.17, 15) is 19.5 Å². The summed E-state index contributed by atoms with van der Waals surface area (Å²) in [6.07, 6.45) is 2.21. The molecule has 4 N–H and O–H groups in total. The van der Waals surface area contributed by atoms with Crippen LogP contribution in [-0.2, 0) is 14.3 Å². The van der Waals surface area contributed by atoms with Crippen molar-refractivity contribution in [1.82, 2.24) is 10.2 Å². The van der Waals surface area contributed by atoms with Crippen molar-refractivity contribution in [2.24, 2.45) is 11.7 Å². The average Bonchev–Trinajstić information content (AvgIpc) is 2.45. The van der Waals surface area contributed by atoms with Crippen LogP contribution in [0, 0.1) is 5.92 Å². The van der Waals surface area contributed by atoms with Gasteiger partial charge in [0.1, 0.15) is 12.6 Å². The summed E-state index contributed by atoms with van der Waals surface area (Å²) in [5, 5.41) is 11.8. The number of piperidine rings is 1. The topological polar surface area (TPSA) is 122 Å². The minimum Gasteiger partial charge on any atom is -0.480 e. The predicted octanol–water partition coefficient (Wildman–Crippen LogP) is -0.227. The van der Waals surface area contributed by atoms with Crippen LogP contribution in [0.2, 0.25) is 0 Å². The molecule has 1 saturated heterocycles. The number of nitrogens with one attached hydrogen (secondary N) is 1. The molecule has 0 aliphatic carbocycles. The fraction of sp³-hybridized carbons (Fsp3) is 0.769. The number of hydrogen-bond acceptors (Lipinski definition) is 4. The lowest BCUT2D eigenvalue weighted by molar-refractivity contribution is -0.144. The van der Waals surface area contributed by atoms with Gasteiger partial charge in [-0.2, -0.15) is 0 Å². The Morgan fingerprint density at radius 2 is 2.14 bits per heavy atom. The Labute approximate surface area is 123 Å². The predicted molar refractivity (Wildman–Crippen MR) is 74.6 cm³/mol. The highest BCUT2D eigenvalue weighted by Crippen LogP contribution is 2.25. The van der Waals surface area contributed by atoms with E-state index >= 15 is 0 Å². The molecule has 8 nitrogen and oxygen atoms in total. The molecule has 1 rings (SSSR count). The lowest BCUT2D eigenvalue weighted by Crippen LogP contribution is -2.53. The van der Waals surface area contributed by atoms with E-state index in [0.29, 0.717) is 18.9 Å². The first-order valence-electron chi connectivity index (χ1n) is 7.09. The number of amides is 3. The summed E-state index contributed by atoms with van der Waals surface area (Å²) in [6, 6.07) is -1.20. The molecule has 1 aliphatic heterocycles. The van der Waals surface area contributed by atoms with Crippen molar-refractivity contribution < 1.29 is 24.2 Å². The second-order valence-corrected chi connectivity index (χ2v) is 5.10. The Morgan fingerprint density at radius 3 is 2.71 bits per heavy atom. The molecule has 0 aromatic carbocycles. The van der Waals surface area contributed by atoms with Gasteiger partial charge in [-0.3, -0.25) is 4.79 Å². The van der Waals surface area contributed by atoms with Crippen LogP contribution in [0.25, 0.3) is 0 Å². The van der Waals surface area contributed by atoms with Crippen molar-refractivity contribution >= 4 is 17.9 Å². The molecule has 0 aromatic rings. The van der Waals surface area contributed by atoms with Gasteiger partial charge in [-0.1, -0.05) is 13.3 Å². The number of hydrogen-bond donors (Lipinski definition) is 3. The number of carbonyl (C=O) groups is 3. The number of likely N-dealkylation sites (tertiary alicyclic amines) is 1. The zero-order chi connectivity index (χ0) is 15.8. The number of ether oxygens (including phenoxy) is 1. The summed E-state index contributed by atoms with van der Waals surface area (Å²) in [4.78, 5) is 35.1. The van der Waals surface area contributed by atoms with Gasteiger partial charge in [0.05, 0.1) is 6.61 Å². The summed E-state index contributed by atoms with van der Waals surface area (Å²) >= 11 is 0. The molecule has 0 saturated carbocycles. The van der Waals surface area contributed by atoms with Crippen LogP contribution < -0.4 is 11.1 Å². The van der Waals surface area contributed by atoms with Crippen LogP contribution in [0.1, 0.15) is 26.2 Å². The van der Waals surface area contributed by atoms with E-state index in [4.69, 9.17) is 10.5 Å². The molecule has 0 aromatic heterocycles. The summed E-state index contributed by atoms with van der Waals surface area (Å²) in [5.74, 6) is -1.21. The molecule has 1 aliphatic rings. The van der Waals surface area contributed by atoms with Gasteiger partial charge < -0.3 is 25.8 Å². The normalized spacial score (nSPS) is 21.9. The summed E-state index contributed by atoms with van der Waals surface area (Å²) in [7, 11) is 0. The quantitative estimate of drug-likeness (QED) is 0.561. The Kier molecular flexibility index (Phi) is 6.93. The van der Waals surface area contributed by atoms with E-state index in [1.54, 1.807) is 0 Å². The number of nitrogens with two attached hydrogens (primary N) is 1. The molecule has 8 heteroatoms. The maximum Gasteiger partial charge on any atom is 0.326 e. The van der Waals surface area contributed by atoms with E-state index in [1.165, 1.54) is 4.90 Å². The third-order valence-electron chi connectivity index (χ3n) is 3.60. The highest BCUT2D eigenvalue weighted by molar-refractivity contribution is 5.82. The van der Waals surface area contributed by atoms with Gasteiger partial charge in [-0.25, -0.2) is 9.59 Å². The zero-order valence-electron chi connectivity index (χ0n) is 12.2. The van der Waals surface area contributed by atoms with E-state index < -0.39 is 23.9 Å². The first-order chi connectivity index (χ1) is 9.95. The van der Waals surface area contributed by atoms with E-state index in [0.717, 1.165) is 12.8 Å². The van der Waals surface area contributed by atoms with E-state index in [-0.39, 0.29) is 19.8 Å². The Balaban J connectivity index is 2.40. The van der Waals surface area contributed by atoms with Gasteiger partial charge in [0.2, 0.25) is 5.91 Å². The molecule has 0 radical (unpaired) electrons. The first kappa shape index (κ1) is 17.2. The Bertz CT molecular complexity index is 388. The van der Waals surface area contributed by atoms with Crippen LogP contribution in [-0.4, -0.2) is 60.3 Å². The van der Waals surface area contributed by atoms with Crippen LogP contribution in [0.5, 0.6) is 0 Å². The van der Waals surface area contributed by atoms with Gasteiger partial charge >= 0.3 is 12.0 Å². The summed E-state index contributed by atoms with van der Waals surface area (Å²) in [5.41, 5.74) is 4.90. The molecule has 21 heavy (non-hydrogen) atoms. The van der Waals surface area contributed by atoms with Gasteiger partial charge in [0, 0.05) is 13.1 Å². The first-order valence-corrected chi connectivity index (χ1v) is 7.09. The van der Waals surface area contributed by atoms with Crippen molar-refractivity contribution in [1.29, 1.82) is 0 Å². The third kappa shape index (κ3) is 5.58. The number of aliphatic carboxylic acids is 1. The summed E-state index contributed by atoms with van der Waals surface area (Å²) < 4.78 is 4.92. The van der Waals surface area contributed by atoms with Gasteiger partial charge in [-0.15, -0.1) is 0 Å². The average molecular weight is 301 g/mol. The molecular formula is C13H23N3O5. The van der Waals surface area contributed by atoms with Crippen molar-refractivity contribution in [3.05, 3.63) is 0 Å². The number of urea groups is 1. The third-order valence-corrected chi connectivity index (χ3v) is 3.60. The smallest absolute Gasteiger partial charge is 0.326 e. The van der Waals surface area contributed by atoms with E-state index in [1.807, 2.05) is 6.92 Å².